The van der Waals surface area contributed by atoms with Gasteiger partial charge in [0.15, 0.2) is 5.78 Å². The lowest BCUT2D eigenvalue weighted by Crippen LogP contribution is -2.15. The van der Waals surface area contributed by atoms with Crippen molar-refractivity contribution in [1.29, 1.82) is 0 Å². The zero-order valence-corrected chi connectivity index (χ0v) is 11.3. The van der Waals surface area contributed by atoms with Gasteiger partial charge in [-0.2, -0.15) is 0 Å². The second kappa shape index (κ2) is 4.04. The average molecular weight is 258 g/mol. The minimum atomic E-state index is 0.163. The molecule has 0 heterocycles. The zero-order chi connectivity index (χ0) is 13.7. The summed E-state index contributed by atoms with van der Waals surface area (Å²) in [5.74, 6) is 0.163. The molecule has 1 nitrogen and oxygen atoms in total. The van der Waals surface area contributed by atoms with Crippen molar-refractivity contribution in [3.05, 3.63) is 82.4 Å². The highest BCUT2D eigenvalue weighted by atomic mass is 16.1. The number of carbonyl (C=O) groups is 1. The fourth-order valence-corrected chi connectivity index (χ4v) is 3.24. The van der Waals surface area contributed by atoms with Gasteiger partial charge in [-0.15, -0.1) is 0 Å². The monoisotopic (exact) mass is 258 g/mol. The van der Waals surface area contributed by atoms with E-state index < -0.39 is 0 Å². The first-order valence-corrected chi connectivity index (χ1v) is 6.89. The molecule has 3 aromatic rings. The molecule has 0 unspecified atom stereocenters. The average Bonchev–Trinajstić information content (AvgIpc) is 2.49. The Bertz CT molecular complexity index is 859. The van der Waals surface area contributed by atoms with E-state index in [9.17, 15) is 4.79 Å². The van der Waals surface area contributed by atoms with Gasteiger partial charge in [-0.3, -0.25) is 4.79 Å². The highest BCUT2D eigenvalue weighted by molar-refractivity contribution is 6.15. The van der Waals surface area contributed by atoms with Crippen LogP contribution < -0.4 is 0 Å². The van der Waals surface area contributed by atoms with Gasteiger partial charge in [0.25, 0.3) is 0 Å². The molecule has 4 rings (SSSR count). The minimum Gasteiger partial charge on any atom is -0.289 e. The summed E-state index contributed by atoms with van der Waals surface area (Å²) in [5.41, 5.74) is 5.22. The summed E-state index contributed by atoms with van der Waals surface area (Å²) < 4.78 is 0. The van der Waals surface area contributed by atoms with Gasteiger partial charge in [-0.1, -0.05) is 48.5 Å². The van der Waals surface area contributed by atoms with Crippen LogP contribution in [0.3, 0.4) is 0 Å². The van der Waals surface area contributed by atoms with Gasteiger partial charge in [0.1, 0.15) is 0 Å². The molecule has 0 saturated carbocycles. The Labute approximate surface area is 117 Å². The SMILES string of the molecule is Cc1cc2c(c3ccccc13)Cc1ccccc1C2=O. The Hall–Kier alpha value is -2.41. The van der Waals surface area contributed by atoms with Gasteiger partial charge in [0.2, 0.25) is 0 Å². The largest absolute Gasteiger partial charge is 0.289 e. The third-order valence-corrected chi connectivity index (χ3v) is 4.24. The van der Waals surface area contributed by atoms with Crippen LogP contribution in [0.25, 0.3) is 10.8 Å². The summed E-state index contributed by atoms with van der Waals surface area (Å²) in [6.45, 7) is 2.08. The number of benzene rings is 3. The summed E-state index contributed by atoms with van der Waals surface area (Å²) in [6.07, 6.45) is 0.845. The molecule has 0 radical (unpaired) electrons. The zero-order valence-electron chi connectivity index (χ0n) is 11.3. The van der Waals surface area contributed by atoms with Crippen molar-refractivity contribution >= 4 is 16.6 Å². The lowest BCUT2D eigenvalue weighted by atomic mass is 9.81. The van der Waals surface area contributed by atoms with Gasteiger partial charge in [0.05, 0.1) is 0 Å². The fraction of sp³-hybridized carbons (Fsp3) is 0.105. The molecule has 0 bridgehead atoms. The maximum Gasteiger partial charge on any atom is 0.193 e. The molecule has 0 aliphatic heterocycles. The van der Waals surface area contributed by atoms with E-state index in [1.807, 2.05) is 24.3 Å². The Morgan fingerprint density at radius 1 is 0.850 bits per heavy atom. The summed E-state index contributed by atoms with van der Waals surface area (Å²) in [5, 5.41) is 2.46. The van der Waals surface area contributed by atoms with Crippen LogP contribution in [-0.4, -0.2) is 5.78 Å². The van der Waals surface area contributed by atoms with E-state index in [2.05, 4.69) is 37.3 Å². The predicted octanol–water partition coefficient (Wildman–Crippen LogP) is 4.28. The first-order chi connectivity index (χ1) is 9.75. The van der Waals surface area contributed by atoms with Crippen molar-refractivity contribution < 1.29 is 4.79 Å². The molecule has 0 saturated heterocycles. The van der Waals surface area contributed by atoms with E-state index in [-0.39, 0.29) is 5.78 Å². The van der Waals surface area contributed by atoms with Gasteiger partial charge in [-0.25, -0.2) is 0 Å². The fourth-order valence-electron chi connectivity index (χ4n) is 3.24. The summed E-state index contributed by atoms with van der Waals surface area (Å²) in [7, 11) is 0. The van der Waals surface area contributed by atoms with E-state index in [1.54, 1.807) is 0 Å². The normalized spacial score (nSPS) is 13.2. The van der Waals surface area contributed by atoms with Crippen LogP contribution in [0.2, 0.25) is 0 Å². The summed E-state index contributed by atoms with van der Waals surface area (Å²) >= 11 is 0. The highest BCUT2D eigenvalue weighted by Crippen LogP contribution is 2.33. The number of aryl methyl sites for hydroxylation is 1. The van der Waals surface area contributed by atoms with Crippen LogP contribution in [0.1, 0.15) is 32.6 Å². The van der Waals surface area contributed by atoms with Crippen LogP contribution in [-0.2, 0) is 6.42 Å². The molecule has 0 spiro atoms. The number of hydrogen-bond donors (Lipinski definition) is 0. The van der Waals surface area contributed by atoms with Crippen molar-refractivity contribution in [1.82, 2.24) is 0 Å². The Balaban J connectivity index is 2.09. The Morgan fingerprint density at radius 3 is 2.40 bits per heavy atom. The quantitative estimate of drug-likeness (QED) is 0.460. The maximum atomic E-state index is 12.7. The van der Waals surface area contributed by atoms with Crippen LogP contribution in [0.5, 0.6) is 0 Å². The molecule has 20 heavy (non-hydrogen) atoms. The molecule has 0 atom stereocenters. The van der Waals surface area contributed by atoms with E-state index in [1.165, 1.54) is 21.9 Å². The Morgan fingerprint density at radius 2 is 1.55 bits per heavy atom. The van der Waals surface area contributed by atoms with Gasteiger partial charge in [-0.05, 0) is 46.9 Å². The van der Waals surface area contributed by atoms with Crippen molar-refractivity contribution in [3.8, 4) is 0 Å². The van der Waals surface area contributed by atoms with E-state index in [4.69, 9.17) is 0 Å². The summed E-state index contributed by atoms with van der Waals surface area (Å²) in [6, 6.07) is 18.4. The molecular weight excluding hydrogens is 244 g/mol. The second-order valence-electron chi connectivity index (χ2n) is 5.43. The smallest absolute Gasteiger partial charge is 0.193 e. The van der Waals surface area contributed by atoms with Crippen molar-refractivity contribution in [2.75, 3.05) is 0 Å². The summed E-state index contributed by atoms with van der Waals surface area (Å²) in [4.78, 5) is 12.7. The number of carbonyl (C=O) groups excluding carboxylic acids is 1. The first-order valence-electron chi connectivity index (χ1n) is 6.89. The van der Waals surface area contributed by atoms with Crippen molar-refractivity contribution in [3.63, 3.8) is 0 Å². The lowest BCUT2D eigenvalue weighted by Gasteiger charge is -2.21. The van der Waals surface area contributed by atoms with Crippen molar-refractivity contribution in [2.24, 2.45) is 0 Å². The number of fused-ring (bicyclic) bond motifs is 4. The molecule has 0 aromatic heterocycles. The number of hydrogen-bond acceptors (Lipinski definition) is 1. The molecule has 1 heteroatoms. The highest BCUT2D eigenvalue weighted by Gasteiger charge is 2.24. The lowest BCUT2D eigenvalue weighted by molar-refractivity contribution is 0.103. The predicted molar refractivity (Wildman–Crippen MR) is 81.4 cm³/mol. The van der Waals surface area contributed by atoms with E-state index in [0.717, 1.165) is 23.1 Å². The van der Waals surface area contributed by atoms with Gasteiger partial charge in [0, 0.05) is 11.1 Å². The second-order valence-corrected chi connectivity index (χ2v) is 5.43. The number of ketones is 1. The molecule has 3 aromatic carbocycles. The molecule has 0 N–H and O–H groups in total. The molecule has 1 aliphatic carbocycles. The Kier molecular flexibility index (Phi) is 2.31. The van der Waals surface area contributed by atoms with Crippen LogP contribution in [0.4, 0.5) is 0 Å². The van der Waals surface area contributed by atoms with Gasteiger partial charge >= 0.3 is 0 Å². The van der Waals surface area contributed by atoms with Crippen molar-refractivity contribution in [2.45, 2.75) is 13.3 Å². The topological polar surface area (TPSA) is 17.1 Å². The maximum absolute atomic E-state index is 12.7. The molecule has 0 amide bonds. The van der Waals surface area contributed by atoms with E-state index >= 15 is 0 Å². The van der Waals surface area contributed by atoms with Crippen LogP contribution in [0.15, 0.2) is 54.6 Å². The molecule has 0 fully saturated rings. The molecule has 1 aliphatic rings. The first kappa shape index (κ1) is 11.4. The van der Waals surface area contributed by atoms with Gasteiger partial charge < -0.3 is 0 Å². The number of rotatable bonds is 0. The molecular formula is C19H14O. The molecule has 96 valence electrons. The van der Waals surface area contributed by atoms with E-state index in [0.29, 0.717) is 0 Å². The third kappa shape index (κ3) is 1.47. The minimum absolute atomic E-state index is 0.163. The van der Waals surface area contributed by atoms with Crippen LogP contribution in [0, 0.1) is 6.92 Å². The standard InChI is InChI=1S/C19H14O/c1-12-10-18-17(16-9-5-4-7-14(12)16)11-13-6-2-3-8-15(13)19(18)20/h2-10H,11H2,1H3. The van der Waals surface area contributed by atoms with Crippen LogP contribution >= 0.6 is 0 Å². The third-order valence-electron chi connectivity index (χ3n) is 4.24.